The third-order valence-electron chi connectivity index (χ3n) is 7.49. The SMILES string of the molecule is FC(F)(F)C(F)(F)C(F)(F)C(F)(F)C(F)(F)C(F)(F)CCCCc1ccccc1CCCCC(F)(F)C(F)(F)C(F)(F)C(F)(F)C(F)(F)C(F)(F)F. The van der Waals surface area contributed by atoms with E-state index in [1.807, 2.05) is 0 Å². The Morgan fingerprint density at radius 2 is 0.519 bits per heavy atom. The molecule has 0 aliphatic heterocycles. The van der Waals surface area contributed by atoms with Crippen molar-refractivity contribution in [2.45, 2.75) is 123 Å². The highest BCUT2D eigenvalue weighted by Gasteiger charge is 2.91. The summed E-state index contributed by atoms with van der Waals surface area (Å²) in [6.07, 6.45) is -25.9. The molecular weight excluding hydrogens is 806 g/mol. The number of rotatable bonds is 18. The molecule has 0 unspecified atom stereocenters. The van der Waals surface area contributed by atoms with E-state index in [9.17, 15) is 114 Å². The Hall–Kier alpha value is -2.60. The molecule has 0 saturated carbocycles. The van der Waals surface area contributed by atoms with Gasteiger partial charge in [0.2, 0.25) is 0 Å². The van der Waals surface area contributed by atoms with Gasteiger partial charge in [-0.3, -0.25) is 0 Å². The van der Waals surface area contributed by atoms with Crippen molar-refractivity contribution in [1.29, 1.82) is 0 Å². The van der Waals surface area contributed by atoms with Gasteiger partial charge in [0.25, 0.3) is 0 Å². The third kappa shape index (κ3) is 7.80. The molecular formula is C26H20F26. The lowest BCUT2D eigenvalue weighted by atomic mass is 9.90. The Morgan fingerprint density at radius 1 is 0.288 bits per heavy atom. The van der Waals surface area contributed by atoms with Crippen LogP contribution < -0.4 is 0 Å². The summed E-state index contributed by atoms with van der Waals surface area (Å²) in [6, 6.07) is 4.39. The van der Waals surface area contributed by atoms with Crippen LogP contribution in [-0.4, -0.2) is 71.6 Å². The Balaban J connectivity index is 2.99. The van der Waals surface area contributed by atoms with E-state index < -0.39 is 123 Å². The summed E-state index contributed by atoms with van der Waals surface area (Å²) in [5, 5.41) is 0. The van der Waals surface area contributed by atoms with Gasteiger partial charge in [-0.2, -0.15) is 114 Å². The molecule has 0 aliphatic rings. The number of hydrogen-bond donors (Lipinski definition) is 0. The highest BCUT2D eigenvalue weighted by Crippen LogP contribution is 2.62. The number of unbranched alkanes of at least 4 members (excludes halogenated alkanes) is 2. The van der Waals surface area contributed by atoms with Gasteiger partial charge in [0.15, 0.2) is 0 Å². The molecule has 52 heavy (non-hydrogen) atoms. The summed E-state index contributed by atoms with van der Waals surface area (Å²) in [5.41, 5.74) is -0.172. The quantitative estimate of drug-likeness (QED) is 0.102. The summed E-state index contributed by atoms with van der Waals surface area (Å²) in [4.78, 5) is 0. The molecule has 0 fully saturated rings. The lowest BCUT2D eigenvalue weighted by Crippen LogP contribution is -2.70. The molecule has 1 aromatic rings. The van der Waals surface area contributed by atoms with Gasteiger partial charge in [0.1, 0.15) is 0 Å². The van der Waals surface area contributed by atoms with E-state index in [4.69, 9.17) is 0 Å². The molecule has 0 N–H and O–H groups in total. The van der Waals surface area contributed by atoms with Crippen molar-refractivity contribution in [3.8, 4) is 0 Å². The molecule has 0 saturated heterocycles. The van der Waals surface area contributed by atoms with Crippen LogP contribution in [0.15, 0.2) is 24.3 Å². The van der Waals surface area contributed by atoms with Crippen LogP contribution in [0.1, 0.15) is 49.7 Å². The maximum atomic E-state index is 14.0. The molecule has 0 spiro atoms. The molecule has 1 rings (SSSR count). The minimum atomic E-state index is -8.10. The Labute approximate surface area is 273 Å². The van der Waals surface area contributed by atoms with Crippen LogP contribution in [0.2, 0.25) is 0 Å². The van der Waals surface area contributed by atoms with Crippen LogP contribution in [0.4, 0.5) is 114 Å². The fourth-order valence-corrected chi connectivity index (χ4v) is 4.29. The first-order valence-corrected chi connectivity index (χ1v) is 13.7. The first-order valence-electron chi connectivity index (χ1n) is 13.7. The van der Waals surface area contributed by atoms with E-state index in [0.29, 0.717) is 0 Å². The maximum Gasteiger partial charge on any atom is 0.460 e. The zero-order valence-electron chi connectivity index (χ0n) is 24.8. The fourth-order valence-electron chi connectivity index (χ4n) is 4.29. The summed E-state index contributed by atoms with van der Waals surface area (Å²) < 4.78 is 344. The van der Waals surface area contributed by atoms with Crippen LogP contribution in [-0.2, 0) is 12.8 Å². The summed E-state index contributed by atoms with van der Waals surface area (Å²) >= 11 is 0. The average Bonchev–Trinajstić information content (AvgIpc) is 2.96. The van der Waals surface area contributed by atoms with Gasteiger partial charge in [0, 0.05) is 12.8 Å². The standard InChI is InChI=1S/C26H20F26/c27-15(28,17(31,32)19(35,36)21(39,40)23(43,44)25(47,48)49)11-5-3-9-13-7-1-2-8-14(13)10-4-6-12-16(29,30)18(33,34)20(37,38)22(41,42)24(45,46)26(50,51)52/h1-2,7-8H,3-6,9-12H2. The van der Waals surface area contributed by atoms with Crippen molar-refractivity contribution >= 4 is 0 Å². The zero-order chi connectivity index (χ0) is 41.6. The van der Waals surface area contributed by atoms with Crippen molar-refractivity contribution in [2.24, 2.45) is 0 Å². The van der Waals surface area contributed by atoms with E-state index >= 15 is 0 Å². The third-order valence-corrected chi connectivity index (χ3v) is 7.49. The lowest BCUT2D eigenvalue weighted by Gasteiger charge is -2.39. The van der Waals surface area contributed by atoms with Crippen molar-refractivity contribution in [3.63, 3.8) is 0 Å². The minimum absolute atomic E-state index is 0.0862. The second-order valence-electron chi connectivity index (χ2n) is 11.2. The highest BCUT2D eigenvalue weighted by atomic mass is 19.4. The second kappa shape index (κ2) is 14.2. The second-order valence-corrected chi connectivity index (χ2v) is 11.2. The van der Waals surface area contributed by atoms with Gasteiger partial charge in [-0.1, -0.05) is 24.3 Å². The van der Waals surface area contributed by atoms with Gasteiger partial charge >= 0.3 is 71.6 Å². The molecule has 0 aliphatic carbocycles. The molecule has 0 atom stereocenters. The molecule has 0 radical (unpaired) electrons. The monoisotopic (exact) mass is 826 g/mol. The van der Waals surface area contributed by atoms with Crippen LogP contribution in [0, 0.1) is 0 Å². The highest BCUT2D eigenvalue weighted by molar-refractivity contribution is 5.27. The lowest BCUT2D eigenvalue weighted by molar-refractivity contribution is -0.440. The topological polar surface area (TPSA) is 0 Å². The summed E-state index contributed by atoms with van der Waals surface area (Å²) in [6.45, 7) is 0. The van der Waals surface area contributed by atoms with Crippen molar-refractivity contribution in [3.05, 3.63) is 35.4 Å². The Morgan fingerprint density at radius 3 is 0.750 bits per heavy atom. The molecule has 26 heteroatoms. The maximum absolute atomic E-state index is 14.0. The van der Waals surface area contributed by atoms with E-state index in [2.05, 4.69) is 0 Å². The summed E-state index contributed by atoms with van der Waals surface area (Å²) in [5.74, 6) is -75.8. The van der Waals surface area contributed by atoms with Gasteiger partial charge < -0.3 is 0 Å². The number of alkyl halides is 26. The van der Waals surface area contributed by atoms with E-state index in [1.165, 1.54) is 0 Å². The van der Waals surface area contributed by atoms with Crippen LogP contribution in [0.25, 0.3) is 0 Å². The first-order chi connectivity index (χ1) is 22.7. The van der Waals surface area contributed by atoms with E-state index in [1.54, 1.807) is 0 Å². The smallest absolute Gasteiger partial charge is 0.200 e. The van der Waals surface area contributed by atoms with Crippen LogP contribution in [0.3, 0.4) is 0 Å². The molecule has 0 aromatic heterocycles. The molecule has 0 nitrogen and oxygen atoms in total. The van der Waals surface area contributed by atoms with E-state index in [0.717, 1.165) is 24.3 Å². The Kier molecular flexibility index (Phi) is 13.0. The number of benzene rings is 1. The predicted molar refractivity (Wildman–Crippen MR) is 123 cm³/mol. The Bertz CT molecular complexity index is 1230. The van der Waals surface area contributed by atoms with Gasteiger partial charge in [0.05, 0.1) is 0 Å². The molecule has 1 aromatic carbocycles. The van der Waals surface area contributed by atoms with Gasteiger partial charge in [-0.05, 0) is 49.7 Å². The normalized spacial score (nSPS) is 15.7. The molecule has 0 heterocycles. The van der Waals surface area contributed by atoms with Crippen molar-refractivity contribution in [2.75, 3.05) is 0 Å². The zero-order valence-corrected chi connectivity index (χ0v) is 24.8. The fraction of sp³-hybridized carbons (Fsp3) is 0.769. The number of hydrogen-bond acceptors (Lipinski definition) is 0. The predicted octanol–water partition coefficient (Wildman–Crippen LogP) is 12.6. The average molecular weight is 826 g/mol. The minimum Gasteiger partial charge on any atom is -0.200 e. The largest absolute Gasteiger partial charge is 0.460 e. The van der Waals surface area contributed by atoms with E-state index in [-0.39, 0.29) is 11.1 Å². The van der Waals surface area contributed by atoms with Gasteiger partial charge in [-0.15, -0.1) is 0 Å². The number of aryl methyl sites for hydroxylation is 2. The van der Waals surface area contributed by atoms with Crippen molar-refractivity contribution < 1.29 is 114 Å². The van der Waals surface area contributed by atoms with Crippen LogP contribution >= 0.6 is 0 Å². The summed E-state index contributed by atoms with van der Waals surface area (Å²) in [7, 11) is 0. The number of halogens is 26. The first kappa shape index (κ1) is 47.4. The van der Waals surface area contributed by atoms with Crippen molar-refractivity contribution in [1.82, 2.24) is 0 Å². The molecule has 0 bridgehead atoms. The van der Waals surface area contributed by atoms with Gasteiger partial charge in [-0.25, -0.2) is 0 Å². The van der Waals surface area contributed by atoms with Crippen LogP contribution in [0.5, 0.6) is 0 Å². The molecule has 0 amide bonds. The molecule has 306 valence electrons.